The van der Waals surface area contributed by atoms with Gasteiger partial charge in [-0.05, 0) is 39.0 Å². The average molecular weight is 363 g/mol. The Labute approximate surface area is 150 Å². The van der Waals surface area contributed by atoms with Gasteiger partial charge in [-0.25, -0.2) is 18.7 Å². The number of amides is 1. The van der Waals surface area contributed by atoms with Crippen molar-refractivity contribution in [3.05, 3.63) is 23.8 Å². The van der Waals surface area contributed by atoms with Gasteiger partial charge in [0.1, 0.15) is 12.1 Å². The lowest BCUT2D eigenvalue weighted by Crippen LogP contribution is -2.43. The maximum Gasteiger partial charge on any atom is 0.274 e. The van der Waals surface area contributed by atoms with Crippen LogP contribution in [0.2, 0.25) is 0 Å². The van der Waals surface area contributed by atoms with Gasteiger partial charge in [-0.3, -0.25) is 9.20 Å². The molecule has 1 saturated carbocycles. The summed E-state index contributed by atoms with van der Waals surface area (Å²) in [5, 5.41) is 2.98. The minimum atomic E-state index is -2.71. The minimum Gasteiger partial charge on any atom is -0.350 e. The number of carbonyl (C=O) groups is 1. The molecule has 0 aromatic carbocycles. The molecule has 2 fully saturated rings. The molecule has 1 atom stereocenters. The molecule has 140 valence electrons. The first kappa shape index (κ1) is 17.2. The van der Waals surface area contributed by atoms with Crippen molar-refractivity contribution in [3.63, 3.8) is 0 Å². The predicted octanol–water partition coefficient (Wildman–Crippen LogP) is 2.80. The Morgan fingerprint density at radius 3 is 2.88 bits per heavy atom. The Morgan fingerprint density at radius 2 is 2.19 bits per heavy atom. The molecule has 1 saturated heterocycles. The van der Waals surface area contributed by atoms with Crippen LogP contribution in [0.15, 0.2) is 12.4 Å². The average Bonchev–Trinajstić information content (AvgIpc) is 3.33. The summed E-state index contributed by atoms with van der Waals surface area (Å²) in [6.45, 7) is 4.04. The summed E-state index contributed by atoms with van der Waals surface area (Å²) in [7, 11) is 0. The summed E-state index contributed by atoms with van der Waals surface area (Å²) in [5.74, 6) is -1.96. The maximum atomic E-state index is 13.8. The zero-order valence-electron chi connectivity index (χ0n) is 15.0. The summed E-state index contributed by atoms with van der Waals surface area (Å²) in [5.41, 5.74) is 1.46. The van der Waals surface area contributed by atoms with Crippen molar-refractivity contribution in [1.29, 1.82) is 0 Å². The molecule has 2 aromatic rings. The monoisotopic (exact) mass is 363 g/mol. The van der Waals surface area contributed by atoms with Crippen LogP contribution < -0.4 is 10.2 Å². The van der Waals surface area contributed by atoms with Crippen molar-refractivity contribution < 1.29 is 13.6 Å². The molecule has 8 heteroatoms. The molecule has 0 spiro atoms. The zero-order chi connectivity index (χ0) is 18.5. The SMILES string of the molecule is Cc1cc(N2CCCC(F)(F)C2)nc2c(C(=O)NC(C)C3CC3)ncn12. The fraction of sp³-hybridized carbons (Fsp3) is 0.611. The van der Waals surface area contributed by atoms with E-state index in [4.69, 9.17) is 0 Å². The summed E-state index contributed by atoms with van der Waals surface area (Å²) >= 11 is 0. The highest BCUT2D eigenvalue weighted by molar-refractivity contribution is 5.98. The maximum absolute atomic E-state index is 13.8. The van der Waals surface area contributed by atoms with Crippen LogP contribution in [-0.2, 0) is 0 Å². The fourth-order valence-corrected chi connectivity index (χ4v) is 3.58. The quantitative estimate of drug-likeness (QED) is 0.907. The third kappa shape index (κ3) is 3.24. The van der Waals surface area contributed by atoms with E-state index < -0.39 is 5.92 Å². The normalized spacial score (nSPS) is 21.0. The number of imidazole rings is 1. The zero-order valence-corrected chi connectivity index (χ0v) is 15.0. The number of aryl methyl sites for hydroxylation is 1. The van der Waals surface area contributed by atoms with Gasteiger partial charge >= 0.3 is 0 Å². The van der Waals surface area contributed by atoms with Crippen molar-refractivity contribution in [2.75, 3.05) is 18.0 Å². The van der Waals surface area contributed by atoms with Crippen molar-refractivity contribution in [3.8, 4) is 0 Å². The Kier molecular flexibility index (Phi) is 4.08. The Hall–Kier alpha value is -2.25. The first-order valence-corrected chi connectivity index (χ1v) is 9.12. The number of fused-ring (bicyclic) bond motifs is 1. The summed E-state index contributed by atoms with van der Waals surface area (Å²) in [4.78, 5) is 22.9. The van der Waals surface area contributed by atoms with E-state index in [2.05, 4.69) is 15.3 Å². The lowest BCUT2D eigenvalue weighted by molar-refractivity contribution is -0.0118. The lowest BCUT2D eigenvalue weighted by atomic mass is 10.1. The van der Waals surface area contributed by atoms with E-state index in [-0.39, 0.29) is 30.6 Å². The molecule has 26 heavy (non-hydrogen) atoms. The van der Waals surface area contributed by atoms with Gasteiger partial charge in [0.05, 0.1) is 6.54 Å². The molecule has 6 nitrogen and oxygen atoms in total. The van der Waals surface area contributed by atoms with Crippen molar-refractivity contribution in [2.24, 2.45) is 5.92 Å². The molecule has 2 aliphatic rings. The van der Waals surface area contributed by atoms with Crippen LogP contribution in [-0.4, -0.2) is 45.3 Å². The van der Waals surface area contributed by atoms with E-state index in [0.29, 0.717) is 30.3 Å². The second kappa shape index (κ2) is 6.17. The van der Waals surface area contributed by atoms with Crippen LogP contribution in [0.3, 0.4) is 0 Å². The molecule has 1 N–H and O–H groups in total. The highest BCUT2D eigenvalue weighted by atomic mass is 19.3. The van der Waals surface area contributed by atoms with Gasteiger partial charge in [0, 0.05) is 30.8 Å². The summed E-state index contributed by atoms with van der Waals surface area (Å²) < 4.78 is 29.3. The van der Waals surface area contributed by atoms with Gasteiger partial charge in [-0.15, -0.1) is 0 Å². The number of aromatic nitrogens is 3. The van der Waals surface area contributed by atoms with Crippen LogP contribution in [0.4, 0.5) is 14.6 Å². The molecule has 3 heterocycles. The van der Waals surface area contributed by atoms with Crippen LogP contribution in [0.1, 0.15) is 48.8 Å². The number of carbonyl (C=O) groups excluding carboxylic acids is 1. The molecule has 2 aromatic heterocycles. The number of anilines is 1. The van der Waals surface area contributed by atoms with E-state index in [1.165, 1.54) is 0 Å². The van der Waals surface area contributed by atoms with Gasteiger partial charge in [-0.1, -0.05) is 0 Å². The molecule has 1 aliphatic heterocycles. The molecule has 0 radical (unpaired) electrons. The van der Waals surface area contributed by atoms with E-state index in [9.17, 15) is 13.6 Å². The molecule has 0 bridgehead atoms. The number of nitrogens with zero attached hydrogens (tertiary/aromatic N) is 4. The fourth-order valence-electron chi connectivity index (χ4n) is 3.58. The number of rotatable bonds is 4. The predicted molar refractivity (Wildman–Crippen MR) is 93.8 cm³/mol. The Morgan fingerprint density at radius 1 is 1.42 bits per heavy atom. The third-order valence-electron chi connectivity index (χ3n) is 5.30. The number of hydrogen-bond acceptors (Lipinski definition) is 4. The number of hydrogen-bond donors (Lipinski definition) is 1. The second-order valence-corrected chi connectivity index (χ2v) is 7.52. The lowest BCUT2D eigenvalue weighted by Gasteiger charge is -2.33. The van der Waals surface area contributed by atoms with Crippen LogP contribution in [0, 0.1) is 12.8 Å². The first-order valence-electron chi connectivity index (χ1n) is 9.12. The van der Waals surface area contributed by atoms with Crippen molar-refractivity contribution >= 4 is 17.4 Å². The molecular formula is C18H23F2N5O. The number of nitrogens with one attached hydrogen (secondary N) is 1. The highest BCUT2D eigenvalue weighted by Crippen LogP contribution is 2.33. The smallest absolute Gasteiger partial charge is 0.274 e. The molecular weight excluding hydrogens is 340 g/mol. The number of alkyl halides is 2. The molecule has 1 aliphatic carbocycles. The van der Waals surface area contributed by atoms with Gasteiger partial charge < -0.3 is 10.2 Å². The Balaban J connectivity index is 1.65. The first-order chi connectivity index (χ1) is 12.3. The molecule has 1 amide bonds. The van der Waals surface area contributed by atoms with Gasteiger partial charge in [-0.2, -0.15) is 0 Å². The standard InChI is InChI=1S/C18H23F2N5O/c1-11-8-14(24-7-3-6-18(19,20)9-24)23-16-15(21-10-25(11)16)17(26)22-12(2)13-4-5-13/h8,10,12-13H,3-7,9H2,1-2H3,(H,22,26). The summed E-state index contributed by atoms with van der Waals surface area (Å²) in [6, 6.07) is 1.87. The van der Waals surface area contributed by atoms with Gasteiger partial charge in [0.15, 0.2) is 11.3 Å². The van der Waals surface area contributed by atoms with Gasteiger partial charge in [0.2, 0.25) is 0 Å². The Bertz CT molecular complexity index is 845. The van der Waals surface area contributed by atoms with Crippen molar-refractivity contribution in [1.82, 2.24) is 19.7 Å². The largest absolute Gasteiger partial charge is 0.350 e. The van der Waals surface area contributed by atoms with Crippen molar-refractivity contribution in [2.45, 2.75) is 51.5 Å². The van der Waals surface area contributed by atoms with Gasteiger partial charge in [0.25, 0.3) is 11.8 Å². The molecule has 1 unspecified atom stereocenters. The van der Waals surface area contributed by atoms with E-state index in [1.54, 1.807) is 21.7 Å². The van der Waals surface area contributed by atoms with E-state index >= 15 is 0 Å². The minimum absolute atomic E-state index is 0.0931. The summed E-state index contributed by atoms with van der Waals surface area (Å²) in [6.07, 6.45) is 4.16. The number of halogens is 2. The number of piperidine rings is 1. The van der Waals surface area contributed by atoms with Crippen LogP contribution >= 0.6 is 0 Å². The van der Waals surface area contributed by atoms with E-state index in [1.807, 2.05) is 13.8 Å². The third-order valence-corrected chi connectivity index (χ3v) is 5.30. The van der Waals surface area contributed by atoms with E-state index in [0.717, 1.165) is 18.5 Å². The topological polar surface area (TPSA) is 62.5 Å². The van der Waals surface area contributed by atoms with Crippen LogP contribution in [0.5, 0.6) is 0 Å². The van der Waals surface area contributed by atoms with Crippen LogP contribution in [0.25, 0.3) is 5.65 Å². The highest BCUT2D eigenvalue weighted by Gasteiger charge is 2.36. The molecule has 4 rings (SSSR count). The second-order valence-electron chi connectivity index (χ2n) is 7.52.